The number of hydrogen-bond acceptors (Lipinski definition) is 5. The van der Waals surface area contributed by atoms with Crippen molar-refractivity contribution in [3.05, 3.63) is 28.1 Å². The molecular weight excluding hydrogens is 214 g/mol. The van der Waals surface area contributed by atoms with Crippen molar-refractivity contribution in [1.29, 1.82) is 0 Å². The van der Waals surface area contributed by atoms with Gasteiger partial charge in [0.15, 0.2) is 5.82 Å². The van der Waals surface area contributed by atoms with Gasteiger partial charge in [0.1, 0.15) is 5.70 Å². The van der Waals surface area contributed by atoms with Crippen molar-refractivity contribution >= 4 is 5.97 Å². The predicted octanol–water partition coefficient (Wildman–Crippen LogP) is -0.148. The maximum absolute atomic E-state index is 11.1. The summed E-state index contributed by atoms with van der Waals surface area (Å²) >= 11 is 0. The average molecular weight is 227 g/mol. The molecule has 0 bridgehead atoms. The number of rotatable bonds is 5. The zero-order chi connectivity index (χ0) is 12.1. The zero-order valence-electron chi connectivity index (χ0n) is 8.84. The number of carboxylic acids is 1. The molecule has 0 radical (unpaired) electrons. The highest BCUT2D eigenvalue weighted by Gasteiger charge is 2.05. The van der Waals surface area contributed by atoms with E-state index in [1.807, 2.05) is 0 Å². The SMILES string of the molecule is Cc1noc(=O)n1CCC/C=C(\N)C(=O)O. The van der Waals surface area contributed by atoms with Gasteiger partial charge in [0.05, 0.1) is 0 Å². The van der Waals surface area contributed by atoms with Crippen LogP contribution in [0.5, 0.6) is 0 Å². The normalized spacial score (nSPS) is 11.7. The first-order valence-electron chi connectivity index (χ1n) is 4.74. The van der Waals surface area contributed by atoms with Crippen molar-refractivity contribution in [1.82, 2.24) is 9.72 Å². The van der Waals surface area contributed by atoms with Crippen LogP contribution in [0.3, 0.4) is 0 Å². The Kier molecular flexibility index (Phi) is 3.87. The van der Waals surface area contributed by atoms with Gasteiger partial charge in [0.2, 0.25) is 0 Å². The highest BCUT2D eigenvalue weighted by molar-refractivity contribution is 5.85. The number of carbonyl (C=O) groups is 1. The summed E-state index contributed by atoms with van der Waals surface area (Å²) in [5, 5.41) is 12.0. The van der Waals surface area contributed by atoms with Gasteiger partial charge in [-0.15, -0.1) is 0 Å². The number of aryl methyl sites for hydroxylation is 1. The van der Waals surface area contributed by atoms with E-state index in [2.05, 4.69) is 9.68 Å². The van der Waals surface area contributed by atoms with E-state index >= 15 is 0 Å². The lowest BCUT2D eigenvalue weighted by Gasteiger charge is -1.99. The van der Waals surface area contributed by atoms with E-state index in [1.165, 1.54) is 10.6 Å². The number of carboxylic acid groups (broad SMARTS) is 1. The number of nitrogens with two attached hydrogens (primary N) is 1. The highest BCUT2D eigenvalue weighted by Crippen LogP contribution is 1.98. The van der Waals surface area contributed by atoms with Crippen LogP contribution >= 0.6 is 0 Å². The van der Waals surface area contributed by atoms with E-state index < -0.39 is 11.7 Å². The zero-order valence-corrected chi connectivity index (χ0v) is 8.84. The van der Waals surface area contributed by atoms with Crippen molar-refractivity contribution in [2.24, 2.45) is 5.73 Å². The lowest BCUT2D eigenvalue weighted by Crippen LogP contribution is -2.15. The number of aromatic nitrogens is 2. The maximum Gasteiger partial charge on any atom is 0.441 e. The lowest BCUT2D eigenvalue weighted by molar-refractivity contribution is -0.132. The minimum absolute atomic E-state index is 0.186. The Hall–Kier alpha value is -2.05. The first-order chi connectivity index (χ1) is 7.52. The number of nitrogens with zero attached hydrogens (tertiary/aromatic N) is 2. The number of allylic oxidation sites excluding steroid dienone is 1. The van der Waals surface area contributed by atoms with Crippen LogP contribution in [0.15, 0.2) is 21.1 Å². The Morgan fingerprint density at radius 3 is 2.88 bits per heavy atom. The molecule has 88 valence electrons. The molecule has 0 amide bonds. The molecule has 0 saturated carbocycles. The largest absolute Gasteiger partial charge is 0.477 e. The Morgan fingerprint density at radius 1 is 1.69 bits per heavy atom. The van der Waals surface area contributed by atoms with E-state index in [9.17, 15) is 9.59 Å². The molecule has 0 aliphatic rings. The summed E-state index contributed by atoms with van der Waals surface area (Å²) in [4.78, 5) is 21.4. The van der Waals surface area contributed by atoms with E-state index in [1.54, 1.807) is 6.92 Å². The molecular formula is C9H13N3O4. The fourth-order valence-electron chi connectivity index (χ4n) is 1.18. The highest BCUT2D eigenvalue weighted by atomic mass is 16.5. The van der Waals surface area contributed by atoms with Crippen LogP contribution in [0.2, 0.25) is 0 Å². The third-order valence-corrected chi connectivity index (χ3v) is 2.06. The molecule has 0 saturated heterocycles. The van der Waals surface area contributed by atoms with E-state index in [0.29, 0.717) is 25.2 Å². The molecule has 3 N–H and O–H groups in total. The van der Waals surface area contributed by atoms with Crippen LogP contribution in [-0.2, 0) is 11.3 Å². The van der Waals surface area contributed by atoms with Crippen LogP contribution in [0.4, 0.5) is 0 Å². The molecule has 16 heavy (non-hydrogen) atoms. The topological polar surface area (TPSA) is 111 Å². The van der Waals surface area contributed by atoms with Crippen LogP contribution in [-0.4, -0.2) is 20.8 Å². The van der Waals surface area contributed by atoms with E-state index in [0.717, 1.165) is 0 Å². The first kappa shape index (κ1) is 12.0. The van der Waals surface area contributed by atoms with Gasteiger partial charge >= 0.3 is 11.7 Å². The summed E-state index contributed by atoms with van der Waals surface area (Å²) in [6, 6.07) is 0. The van der Waals surface area contributed by atoms with Gasteiger partial charge in [0, 0.05) is 6.54 Å². The van der Waals surface area contributed by atoms with Crippen LogP contribution < -0.4 is 11.5 Å². The molecule has 0 unspecified atom stereocenters. The number of hydrogen-bond donors (Lipinski definition) is 2. The summed E-state index contributed by atoms with van der Waals surface area (Å²) in [6.07, 6.45) is 2.49. The molecule has 1 rings (SSSR count). The molecule has 0 aromatic carbocycles. The Labute approximate surface area is 91.1 Å². The molecule has 7 nitrogen and oxygen atoms in total. The fraction of sp³-hybridized carbons (Fsp3) is 0.444. The lowest BCUT2D eigenvalue weighted by atomic mass is 10.2. The number of aliphatic carboxylic acids is 1. The Balaban J connectivity index is 2.46. The van der Waals surface area contributed by atoms with Gasteiger partial charge in [-0.2, -0.15) is 0 Å². The molecule has 0 atom stereocenters. The van der Waals surface area contributed by atoms with Crippen LogP contribution in [0.25, 0.3) is 0 Å². The molecule has 1 aromatic rings. The summed E-state index contributed by atoms with van der Waals surface area (Å²) in [5.74, 6) is -1.15. The second-order valence-corrected chi connectivity index (χ2v) is 3.25. The predicted molar refractivity (Wildman–Crippen MR) is 54.6 cm³/mol. The van der Waals surface area contributed by atoms with Gasteiger partial charge in [0.25, 0.3) is 0 Å². The molecule has 1 aromatic heterocycles. The van der Waals surface area contributed by atoms with Crippen molar-refractivity contribution in [3.63, 3.8) is 0 Å². The molecule has 0 spiro atoms. The summed E-state index contributed by atoms with van der Waals surface area (Å²) < 4.78 is 5.81. The second-order valence-electron chi connectivity index (χ2n) is 3.25. The minimum atomic E-state index is -1.14. The molecule has 0 aliphatic carbocycles. The maximum atomic E-state index is 11.1. The van der Waals surface area contributed by atoms with Crippen LogP contribution in [0, 0.1) is 6.92 Å². The molecule has 0 aliphatic heterocycles. The minimum Gasteiger partial charge on any atom is -0.477 e. The average Bonchev–Trinajstić information content (AvgIpc) is 2.54. The Bertz CT molecular complexity index is 458. The molecule has 7 heteroatoms. The molecule has 1 heterocycles. The quantitative estimate of drug-likeness (QED) is 0.534. The van der Waals surface area contributed by atoms with Crippen LogP contribution in [0.1, 0.15) is 18.7 Å². The smallest absolute Gasteiger partial charge is 0.441 e. The Morgan fingerprint density at radius 2 is 2.38 bits per heavy atom. The van der Waals surface area contributed by atoms with Gasteiger partial charge < -0.3 is 10.8 Å². The second kappa shape index (κ2) is 5.15. The molecule has 0 fully saturated rings. The summed E-state index contributed by atoms with van der Waals surface area (Å²) in [6.45, 7) is 2.09. The number of unbranched alkanes of at least 4 members (excludes halogenated alkanes) is 1. The van der Waals surface area contributed by atoms with Gasteiger partial charge in [-0.05, 0) is 19.8 Å². The fourth-order valence-corrected chi connectivity index (χ4v) is 1.18. The summed E-state index contributed by atoms with van der Waals surface area (Å²) in [5.41, 5.74) is 5.01. The van der Waals surface area contributed by atoms with Crippen molar-refractivity contribution in [2.75, 3.05) is 0 Å². The summed E-state index contributed by atoms with van der Waals surface area (Å²) in [7, 11) is 0. The van der Waals surface area contributed by atoms with E-state index in [-0.39, 0.29) is 5.70 Å². The monoisotopic (exact) mass is 227 g/mol. The standard InChI is InChI=1S/C9H13N3O4/c1-6-11-16-9(15)12(6)5-3-2-4-7(10)8(13)14/h4H,2-3,5,10H2,1H3,(H,13,14)/b7-4-. The van der Waals surface area contributed by atoms with Gasteiger partial charge in [-0.3, -0.25) is 9.09 Å². The van der Waals surface area contributed by atoms with Gasteiger partial charge in [-0.1, -0.05) is 11.2 Å². The van der Waals surface area contributed by atoms with Gasteiger partial charge in [-0.25, -0.2) is 9.59 Å². The third kappa shape index (κ3) is 2.97. The first-order valence-corrected chi connectivity index (χ1v) is 4.74. The van der Waals surface area contributed by atoms with Crippen molar-refractivity contribution in [3.8, 4) is 0 Å². The third-order valence-electron chi connectivity index (χ3n) is 2.06. The van der Waals surface area contributed by atoms with E-state index in [4.69, 9.17) is 10.8 Å². The van der Waals surface area contributed by atoms with Crippen molar-refractivity contribution in [2.45, 2.75) is 26.3 Å². The van der Waals surface area contributed by atoms with Crippen molar-refractivity contribution < 1.29 is 14.4 Å².